The summed E-state index contributed by atoms with van der Waals surface area (Å²) < 4.78 is 0. The first-order valence-electron chi connectivity index (χ1n) is 4.44. The lowest BCUT2D eigenvalue weighted by molar-refractivity contribution is 0.273. The number of aryl methyl sites for hydroxylation is 1. The predicted octanol–water partition coefficient (Wildman–Crippen LogP) is 2.81. The van der Waals surface area contributed by atoms with Gasteiger partial charge in [-0.1, -0.05) is 19.1 Å². The molecule has 0 bridgehead atoms. The summed E-state index contributed by atoms with van der Waals surface area (Å²) in [6.07, 6.45) is 2.08. The molecule has 1 rings (SSSR count). The highest BCUT2D eigenvalue weighted by Crippen LogP contribution is 2.24. The second-order valence-corrected chi connectivity index (χ2v) is 4.16. The Labute approximate surface area is 84.2 Å². The van der Waals surface area contributed by atoms with Crippen LogP contribution in [0.3, 0.4) is 0 Å². The quantitative estimate of drug-likeness (QED) is 0.750. The van der Waals surface area contributed by atoms with Crippen molar-refractivity contribution in [1.82, 2.24) is 0 Å². The molecule has 0 amide bonds. The van der Waals surface area contributed by atoms with E-state index in [9.17, 15) is 0 Å². The van der Waals surface area contributed by atoms with Crippen molar-refractivity contribution in [1.29, 1.82) is 0 Å². The van der Waals surface area contributed by atoms with Gasteiger partial charge in [0.15, 0.2) is 0 Å². The summed E-state index contributed by atoms with van der Waals surface area (Å²) in [6.45, 7) is 4.37. The summed E-state index contributed by atoms with van der Waals surface area (Å²) in [5.74, 6) is 0.245. The van der Waals surface area contributed by atoms with Crippen LogP contribution < -0.4 is 0 Å². The van der Waals surface area contributed by atoms with E-state index in [2.05, 4.69) is 31.4 Å². The van der Waals surface area contributed by atoms with Gasteiger partial charge in [-0.25, -0.2) is 0 Å². The van der Waals surface area contributed by atoms with Crippen LogP contribution in [0.15, 0.2) is 23.1 Å². The van der Waals surface area contributed by atoms with E-state index in [1.807, 2.05) is 6.92 Å². The summed E-state index contributed by atoms with van der Waals surface area (Å²) in [7, 11) is 0. The molecule has 1 N–H and O–H groups in total. The van der Waals surface area contributed by atoms with Gasteiger partial charge in [0.2, 0.25) is 0 Å². The van der Waals surface area contributed by atoms with Crippen LogP contribution >= 0.6 is 11.8 Å². The average Bonchev–Trinajstić information content (AvgIpc) is 2.16. The van der Waals surface area contributed by atoms with Gasteiger partial charge in [-0.3, -0.25) is 0 Å². The molecule has 0 saturated heterocycles. The molecule has 1 aromatic carbocycles. The highest BCUT2D eigenvalue weighted by atomic mass is 32.2. The minimum atomic E-state index is 0.220. The lowest BCUT2D eigenvalue weighted by atomic mass is 10.0. The van der Waals surface area contributed by atoms with Gasteiger partial charge in [0.1, 0.15) is 0 Å². The Morgan fingerprint density at radius 1 is 1.46 bits per heavy atom. The molecule has 0 fully saturated rings. The van der Waals surface area contributed by atoms with Gasteiger partial charge in [-0.15, -0.1) is 11.8 Å². The Kier molecular flexibility index (Phi) is 3.82. The number of rotatable bonds is 3. The van der Waals surface area contributed by atoms with E-state index in [1.165, 1.54) is 16.0 Å². The Morgan fingerprint density at radius 3 is 2.62 bits per heavy atom. The maximum absolute atomic E-state index is 9.00. The van der Waals surface area contributed by atoms with Crippen LogP contribution in [-0.4, -0.2) is 18.0 Å². The topological polar surface area (TPSA) is 20.2 Å². The number of aliphatic hydroxyl groups is 1. The summed E-state index contributed by atoms with van der Waals surface area (Å²) in [5, 5.41) is 9.00. The zero-order valence-electron chi connectivity index (χ0n) is 8.37. The number of benzene rings is 1. The predicted molar refractivity (Wildman–Crippen MR) is 58.5 cm³/mol. The third kappa shape index (κ3) is 2.48. The minimum absolute atomic E-state index is 0.220. The monoisotopic (exact) mass is 196 g/mol. The van der Waals surface area contributed by atoms with Crippen LogP contribution in [0.2, 0.25) is 0 Å². The fraction of sp³-hybridized carbons (Fsp3) is 0.455. The number of aliphatic hydroxyl groups excluding tert-OH is 1. The maximum atomic E-state index is 9.00. The molecule has 72 valence electrons. The first-order chi connectivity index (χ1) is 6.19. The molecule has 0 aliphatic carbocycles. The Balaban J connectivity index is 2.95. The van der Waals surface area contributed by atoms with Crippen LogP contribution in [0.5, 0.6) is 0 Å². The van der Waals surface area contributed by atoms with Crippen molar-refractivity contribution >= 4 is 11.8 Å². The molecular weight excluding hydrogens is 180 g/mol. The Hall–Kier alpha value is -0.470. The van der Waals surface area contributed by atoms with E-state index < -0.39 is 0 Å². The SMILES string of the molecule is CSc1ccc(C(C)CO)cc1C. The van der Waals surface area contributed by atoms with E-state index in [0.717, 1.165) is 0 Å². The summed E-state index contributed by atoms with van der Waals surface area (Å²) in [5.41, 5.74) is 2.52. The van der Waals surface area contributed by atoms with E-state index in [-0.39, 0.29) is 12.5 Å². The molecule has 0 aliphatic heterocycles. The molecule has 0 aromatic heterocycles. The molecule has 2 heteroatoms. The first-order valence-corrected chi connectivity index (χ1v) is 5.67. The van der Waals surface area contributed by atoms with Crippen molar-refractivity contribution < 1.29 is 5.11 Å². The highest BCUT2D eigenvalue weighted by molar-refractivity contribution is 7.98. The maximum Gasteiger partial charge on any atom is 0.0497 e. The van der Waals surface area contributed by atoms with Gasteiger partial charge < -0.3 is 5.11 Å². The van der Waals surface area contributed by atoms with Crippen molar-refractivity contribution in [3.8, 4) is 0 Å². The Morgan fingerprint density at radius 2 is 2.15 bits per heavy atom. The summed E-state index contributed by atoms with van der Waals surface area (Å²) >= 11 is 1.76. The van der Waals surface area contributed by atoms with Crippen LogP contribution in [-0.2, 0) is 0 Å². The fourth-order valence-electron chi connectivity index (χ4n) is 1.31. The van der Waals surface area contributed by atoms with Gasteiger partial charge in [0.25, 0.3) is 0 Å². The van der Waals surface area contributed by atoms with Crippen LogP contribution in [0, 0.1) is 6.92 Å². The van der Waals surface area contributed by atoms with Crippen LogP contribution in [0.25, 0.3) is 0 Å². The molecule has 13 heavy (non-hydrogen) atoms. The molecule has 1 nitrogen and oxygen atoms in total. The van der Waals surface area contributed by atoms with Crippen LogP contribution in [0.1, 0.15) is 24.0 Å². The molecule has 0 saturated carbocycles. The van der Waals surface area contributed by atoms with Crippen molar-refractivity contribution in [3.63, 3.8) is 0 Å². The zero-order chi connectivity index (χ0) is 9.84. The van der Waals surface area contributed by atoms with Gasteiger partial charge in [0.05, 0.1) is 0 Å². The van der Waals surface area contributed by atoms with Gasteiger partial charge in [0, 0.05) is 17.4 Å². The van der Waals surface area contributed by atoms with E-state index in [0.29, 0.717) is 0 Å². The van der Waals surface area contributed by atoms with Crippen molar-refractivity contribution in [2.75, 3.05) is 12.9 Å². The number of thioether (sulfide) groups is 1. The second kappa shape index (κ2) is 4.68. The largest absolute Gasteiger partial charge is 0.396 e. The average molecular weight is 196 g/mol. The van der Waals surface area contributed by atoms with Crippen molar-refractivity contribution in [2.24, 2.45) is 0 Å². The highest BCUT2D eigenvalue weighted by Gasteiger charge is 2.05. The third-order valence-electron chi connectivity index (χ3n) is 2.26. The Bertz CT molecular complexity index is 283. The molecule has 1 aromatic rings. The lowest BCUT2D eigenvalue weighted by Gasteiger charge is -2.10. The minimum Gasteiger partial charge on any atom is -0.396 e. The van der Waals surface area contributed by atoms with E-state index in [1.54, 1.807) is 11.8 Å². The summed E-state index contributed by atoms with van der Waals surface area (Å²) in [6, 6.07) is 6.38. The van der Waals surface area contributed by atoms with Gasteiger partial charge in [-0.2, -0.15) is 0 Å². The lowest BCUT2D eigenvalue weighted by Crippen LogP contribution is -1.99. The van der Waals surface area contributed by atoms with Gasteiger partial charge in [-0.05, 0) is 30.4 Å². The smallest absolute Gasteiger partial charge is 0.0497 e. The van der Waals surface area contributed by atoms with Crippen molar-refractivity contribution in [3.05, 3.63) is 29.3 Å². The number of hydrogen-bond acceptors (Lipinski definition) is 2. The molecule has 0 heterocycles. The fourth-order valence-corrected chi connectivity index (χ4v) is 1.90. The zero-order valence-corrected chi connectivity index (χ0v) is 9.19. The number of hydrogen-bond donors (Lipinski definition) is 1. The molecule has 0 aliphatic rings. The van der Waals surface area contributed by atoms with Crippen LogP contribution in [0.4, 0.5) is 0 Å². The summed E-state index contributed by atoms with van der Waals surface area (Å²) in [4.78, 5) is 1.31. The third-order valence-corrected chi connectivity index (χ3v) is 3.16. The second-order valence-electron chi connectivity index (χ2n) is 3.31. The molecule has 0 spiro atoms. The normalized spacial score (nSPS) is 12.9. The standard InChI is InChI=1S/C11H16OS/c1-8-6-10(9(2)7-12)4-5-11(8)13-3/h4-6,9,12H,7H2,1-3H3. The molecule has 1 unspecified atom stereocenters. The van der Waals surface area contributed by atoms with Crippen molar-refractivity contribution in [2.45, 2.75) is 24.7 Å². The first kappa shape index (κ1) is 10.6. The van der Waals surface area contributed by atoms with E-state index in [4.69, 9.17) is 5.11 Å². The van der Waals surface area contributed by atoms with Gasteiger partial charge >= 0.3 is 0 Å². The van der Waals surface area contributed by atoms with E-state index >= 15 is 0 Å². The molecular formula is C11H16OS. The molecule has 0 radical (unpaired) electrons. The molecule has 1 atom stereocenters.